The van der Waals surface area contributed by atoms with Crippen LogP contribution >= 0.6 is 0 Å². The number of nitrogens with two attached hydrogens (primary N) is 2. The van der Waals surface area contributed by atoms with Crippen LogP contribution in [-0.2, 0) is 9.47 Å². The molecule has 1 heterocycles. The van der Waals surface area contributed by atoms with Crippen molar-refractivity contribution in [3.05, 3.63) is 35.9 Å². The van der Waals surface area contributed by atoms with Gasteiger partial charge in [0.05, 0.1) is 18.5 Å². The maximum absolute atomic E-state index is 6.20. The minimum absolute atomic E-state index is 0.00154. The van der Waals surface area contributed by atoms with Crippen LogP contribution in [0.25, 0.3) is 0 Å². The lowest BCUT2D eigenvalue weighted by molar-refractivity contribution is -0.0640. The molecule has 2 rings (SSSR count). The molecular weight excluding hydrogens is 266 g/mol. The highest BCUT2D eigenvalue weighted by atomic mass is 16.7. The van der Waals surface area contributed by atoms with Crippen molar-refractivity contribution in [2.24, 2.45) is 16.5 Å². The van der Waals surface area contributed by atoms with Gasteiger partial charge in [0.25, 0.3) is 0 Å². The second-order valence-electron chi connectivity index (χ2n) is 5.43. The molecule has 0 spiro atoms. The summed E-state index contributed by atoms with van der Waals surface area (Å²) in [6.07, 6.45) is 2.61. The number of hydrogen-bond acceptors (Lipinski definition) is 4. The van der Waals surface area contributed by atoms with Gasteiger partial charge in [-0.2, -0.15) is 0 Å². The molecule has 1 fully saturated rings. The van der Waals surface area contributed by atoms with Gasteiger partial charge in [0.15, 0.2) is 6.29 Å². The number of amidine groups is 1. The number of rotatable bonds is 7. The van der Waals surface area contributed by atoms with E-state index in [2.05, 4.69) is 4.99 Å². The molecule has 1 aliphatic heterocycles. The second kappa shape index (κ2) is 8.12. The number of ether oxygens (including phenoxy) is 2. The van der Waals surface area contributed by atoms with E-state index in [9.17, 15) is 0 Å². The van der Waals surface area contributed by atoms with Gasteiger partial charge in [-0.3, -0.25) is 4.99 Å². The largest absolute Gasteiger partial charge is 0.388 e. The zero-order valence-electron chi connectivity index (χ0n) is 12.6. The van der Waals surface area contributed by atoms with Crippen molar-refractivity contribution >= 4 is 5.84 Å². The highest BCUT2D eigenvalue weighted by Crippen LogP contribution is 2.28. The first-order chi connectivity index (χ1) is 10.2. The van der Waals surface area contributed by atoms with Crippen molar-refractivity contribution in [1.29, 1.82) is 0 Å². The molecule has 21 heavy (non-hydrogen) atoms. The van der Waals surface area contributed by atoms with E-state index in [0.29, 0.717) is 12.4 Å². The molecule has 1 aromatic carbocycles. The SMILES string of the molecule is CC(N)=NCCCCC(N)C1COC(c2ccccc2)O1. The molecule has 0 radical (unpaired) electrons. The minimum atomic E-state index is -0.285. The molecule has 116 valence electrons. The second-order valence-corrected chi connectivity index (χ2v) is 5.43. The summed E-state index contributed by atoms with van der Waals surface area (Å²) >= 11 is 0. The summed E-state index contributed by atoms with van der Waals surface area (Å²) in [7, 11) is 0. The van der Waals surface area contributed by atoms with Gasteiger partial charge >= 0.3 is 0 Å². The Morgan fingerprint density at radius 2 is 2.10 bits per heavy atom. The van der Waals surface area contributed by atoms with E-state index >= 15 is 0 Å². The van der Waals surface area contributed by atoms with Crippen molar-refractivity contribution in [3.8, 4) is 0 Å². The molecule has 3 atom stereocenters. The van der Waals surface area contributed by atoms with E-state index < -0.39 is 0 Å². The third-order valence-electron chi connectivity index (χ3n) is 3.57. The Bertz CT molecular complexity index is 446. The van der Waals surface area contributed by atoms with Gasteiger partial charge in [-0.1, -0.05) is 30.3 Å². The van der Waals surface area contributed by atoms with Crippen LogP contribution in [0.1, 0.15) is 38.0 Å². The van der Waals surface area contributed by atoms with Crippen LogP contribution < -0.4 is 11.5 Å². The maximum atomic E-state index is 6.20. The van der Waals surface area contributed by atoms with Crippen molar-refractivity contribution in [2.45, 2.75) is 44.6 Å². The lowest BCUT2D eigenvalue weighted by atomic mass is 10.1. The highest BCUT2D eigenvalue weighted by molar-refractivity contribution is 5.77. The third-order valence-corrected chi connectivity index (χ3v) is 3.57. The summed E-state index contributed by atoms with van der Waals surface area (Å²) in [6, 6.07) is 9.96. The van der Waals surface area contributed by atoms with E-state index in [0.717, 1.165) is 31.4 Å². The third kappa shape index (κ3) is 5.12. The zero-order chi connectivity index (χ0) is 15.1. The van der Waals surface area contributed by atoms with Crippen molar-refractivity contribution in [2.75, 3.05) is 13.2 Å². The van der Waals surface area contributed by atoms with Crippen LogP contribution in [0, 0.1) is 0 Å². The van der Waals surface area contributed by atoms with Crippen molar-refractivity contribution in [3.63, 3.8) is 0 Å². The van der Waals surface area contributed by atoms with Gasteiger partial charge in [0.1, 0.15) is 0 Å². The van der Waals surface area contributed by atoms with Gasteiger partial charge in [0.2, 0.25) is 0 Å². The van der Waals surface area contributed by atoms with Gasteiger partial charge in [-0.25, -0.2) is 0 Å². The van der Waals surface area contributed by atoms with Crippen molar-refractivity contribution < 1.29 is 9.47 Å². The predicted molar refractivity (Wildman–Crippen MR) is 84.0 cm³/mol. The summed E-state index contributed by atoms with van der Waals surface area (Å²) in [4.78, 5) is 4.17. The Labute approximate surface area is 126 Å². The van der Waals surface area contributed by atoms with Crippen LogP contribution in [0.4, 0.5) is 0 Å². The van der Waals surface area contributed by atoms with Crippen LogP contribution in [0.5, 0.6) is 0 Å². The Morgan fingerprint density at radius 3 is 2.81 bits per heavy atom. The molecule has 1 aromatic rings. The van der Waals surface area contributed by atoms with E-state index in [1.54, 1.807) is 6.92 Å². The number of hydrogen-bond donors (Lipinski definition) is 2. The Kier molecular flexibility index (Phi) is 6.17. The lowest BCUT2D eigenvalue weighted by Crippen LogP contribution is -2.36. The van der Waals surface area contributed by atoms with Crippen LogP contribution in [0.3, 0.4) is 0 Å². The standard InChI is InChI=1S/C16H25N3O2/c1-12(17)19-10-6-5-9-14(18)15-11-20-16(21-15)13-7-3-2-4-8-13/h2-4,7-8,14-16H,5-6,9-11,18H2,1H3,(H2,17,19). The minimum Gasteiger partial charge on any atom is -0.388 e. The quantitative estimate of drug-likeness (QED) is 0.457. The van der Waals surface area contributed by atoms with E-state index in [1.807, 2.05) is 30.3 Å². The van der Waals surface area contributed by atoms with Gasteiger partial charge in [-0.15, -0.1) is 0 Å². The fourth-order valence-electron chi connectivity index (χ4n) is 2.36. The van der Waals surface area contributed by atoms with Crippen LogP contribution in [-0.4, -0.2) is 31.1 Å². The fraction of sp³-hybridized carbons (Fsp3) is 0.562. The average Bonchev–Trinajstić information content (AvgIpc) is 2.97. The lowest BCUT2D eigenvalue weighted by Gasteiger charge is -2.18. The van der Waals surface area contributed by atoms with Crippen LogP contribution in [0.2, 0.25) is 0 Å². The van der Waals surface area contributed by atoms with Crippen LogP contribution in [0.15, 0.2) is 35.3 Å². The first-order valence-electron chi connectivity index (χ1n) is 7.51. The summed E-state index contributed by atoms with van der Waals surface area (Å²) in [5, 5.41) is 0. The normalized spacial score (nSPS) is 24.2. The first kappa shape index (κ1) is 15.9. The fourth-order valence-corrected chi connectivity index (χ4v) is 2.36. The molecule has 3 unspecified atom stereocenters. The molecule has 0 aliphatic carbocycles. The number of unbranched alkanes of at least 4 members (excludes halogenated alkanes) is 1. The molecule has 0 amide bonds. The monoisotopic (exact) mass is 291 g/mol. The van der Waals surface area contributed by atoms with Gasteiger partial charge in [-0.05, 0) is 26.2 Å². The summed E-state index contributed by atoms with van der Waals surface area (Å²) < 4.78 is 11.6. The molecule has 0 saturated carbocycles. The molecule has 1 saturated heterocycles. The number of benzene rings is 1. The topological polar surface area (TPSA) is 82.9 Å². The summed E-state index contributed by atoms with van der Waals surface area (Å²) in [5.74, 6) is 0.637. The van der Waals surface area contributed by atoms with Gasteiger partial charge in [0, 0.05) is 18.2 Å². The Morgan fingerprint density at radius 1 is 1.33 bits per heavy atom. The van der Waals surface area contributed by atoms with Crippen molar-refractivity contribution in [1.82, 2.24) is 0 Å². The van der Waals surface area contributed by atoms with Gasteiger partial charge < -0.3 is 20.9 Å². The molecule has 1 aliphatic rings. The number of nitrogens with zero attached hydrogens (tertiary/aromatic N) is 1. The van der Waals surface area contributed by atoms with E-state index in [-0.39, 0.29) is 18.4 Å². The molecule has 0 bridgehead atoms. The smallest absolute Gasteiger partial charge is 0.184 e. The summed E-state index contributed by atoms with van der Waals surface area (Å²) in [5.41, 5.74) is 12.7. The maximum Gasteiger partial charge on any atom is 0.184 e. The molecule has 5 heteroatoms. The Balaban J connectivity index is 1.70. The average molecular weight is 291 g/mol. The molecule has 0 aromatic heterocycles. The number of aliphatic imine (C=N–C) groups is 1. The predicted octanol–water partition coefficient (Wildman–Crippen LogP) is 1.98. The zero-order valence-corrected chi connectivity index (χ0v) is 12.6. The molecule has 5 nitrogen and oxygen atoms in total. The first-order valence-corrected chi connectivity index (χ1v) is 7.51. The molecule has 4 N–H and O–H groups in total. The highest BCUT2D eigenvalue weighted by Gasteiger charge is 2.31. The Hall–Kier alpha value is -1.43. The molecular formula is C16H25N3O2. The van der Waals surface area contributed by atoms with E-state index in [1.165, 1.54) is 0 Å². The van der Waals surface area contributed by atoms with E-state index in [4.69, 9.17) is 20.9 Å². The summed E-state index contributed by atoms with van der Waals surface area (Å²) in [6.45, 7) is 3.13.